The summed E-state index contributed by atoms with van der Waals surface area (Å²) in [5, 5.41) is 0. The highest BCUT2D eigenvalue weighted by Gasteiger charge is 2.31. The molecule has 2 aromatic carbocycles. The van der Waals surface area contributed by atoms with Crippen molar-refractivity contribution in [2.75, 3.05) is 34.1 Å². The summed E-state index contributed by atoms with van der Waals surface area (Å²) < 4.78 is 21.6. The fourth-order valence-corrected chi connectivity index (χ4v) is 3.60. The molecule has 0 aliphatic carbocycles. The quantitative estimate of drug-likeness (QED) is 0.844. The number of amides is 1. The van der Waals surface area contributed by atoms with E-state index < -0.39 is 0 Å². The van der Waals surface area contributed by atoms with Gasteiger partial charge in [0.05, 0.1) is 14.2 Å². The number of carbonyl (C=O) groups is 1. The van der Waals surface area contributed by atoms with Gasteiger partial charge in [-0.15, -0.1) is 0 Å². The van der Waals surface area contributed by atoms with Gasteiger partial charge in [-0.25, -0.2) is 0 Å². The zero-order valence-corrected chi connectivity index (χ0v) is 14.9. The zero-order valence-electron chi connectivity index (χ0n) is 14.9. The van der Waals surface area contributed by atoms with Crippen LogP contribution < -0.4 is 18.9 Å². The van der Waals surface area contributed by atoms with E-state index in [4.69, 9.17) is 18.9 Å². The van der Waals surface area contributed by atoms with Gasteiger partial charge in [0, 0.05) is 19.0 Å². The molecule has 1 unspecified atom stereocenters. The molecular formula is C20H21NO5. The fraction of sp³-hybridized carbons (Fsp3) is 0.350. The van der Waals surface area contributed by atoms with Crippen LogP contribution in [0.15, 0.2) is 36.4 Å². The molecule has 0 saturated carbocycles. The number of hydrogen-bond acceptors (Lipinski definition) is 5. The van der Waals surface area contributed by atoms with Gasteiger partial charge in [0.1, 0.15) is 17.1 Å². The third kappa shape index (κ3) is 2.81. The van der Waals surface area contributed by atoms with E-state index in [0.29, 0.717) is 30.2 Å². The molecule has 1 amide bonds. The van der Waals surface area contributed by atoms with Crippen molar-refractivity contribution in [3.8, 4) is 23.0 Å². The number of ether oxygens (including phenoxy) is 4. The van der Waals surface area contributed by atoms with Gasteiger partial charge in [0.15, 0.2) is 11.5 Å². The molecule has 1 fully saturated rings. The number of benzene rings is 2. The highest BCUT2D eigenvalue weighted by atomic mass is 16.7. The Balaban J connectivity index is 1.55. The normalized spacial score (nSPS) is 18.1. The van der Waals surface area contributed by atoms with E-state index in [1.807, 2.05) is 23.1 Å². The maximum atomic E-state index is 13.1. The topological polar surface area (TPSA) is 57.2 Å². The lowest BCUT2D eigenvalue weighted by Crippen LogP contribution is -2.29. The summed E-state index contributed by atoms with van der Waals surface area (Å²) in [7, 11) is 3.12. The summed E-state index contributed by atoms with van der Waals surface area (Å²) in [6.45, 7) is 1.61. The molecule has 0 bridgehead atoms. The number of methoxy groups -OCH3 is 2. The molecule has 2 aromatic rings. The molecule has 6 nitrogen and oxygen atoms in total. The Bertz CT molecular complexity index is 813. The molecule has 4 rings (SSSR count). The van der Waals surface area contributed by atoms with E-state index in [9.17, 15) is 4.79 Å². The smallest absolute Gasteiger partial charge is 0.261 e. The fourth-order valence-electron chi connectivity index (χ4n) is 3.60. The summed E-state index contributed by atoms with van der Waals surface area (Å²) in [5.41, 5.74) is 1.64. The van der Waals surface area contributed by atoms with Crippen molar-refractivity contribution in [3.05, 3.63) is 47.5 Å². The molecule has 1 saturated heterocycles. The summed E-state index contributed by atoms with van der Waals surface area (Å²) in [4.78, 5) is 14.9. The molecular weight excluding hydrogens is 334 g/mol. The van der Waals surface area contributed by atoms with E-state index in [1.54, 1.807) is 26.4 Å². The van der Waals surface area contributed by atoms with Crippen molar-refractivity contribution < 1.29 is 23.7 Å². The van der Waals surface area contributed by atoms with E-state index >= 15 is 0 Å². The van der Waals surface area contributed by atoms with Crippen LogP contribution in [0.2, 0.25) is 0 Å². The van der Waals surface area contributed by atoms with Crippen molar-refractivity contribution in [3.63, 3.8) is 0 Å². The Kier molecular flexibility index (Phi) is 4.32. The Morgan fingerprint density at radius 3 is 2.54 bits per heavy atom. The Morgan fingerprint density at radius 2 is 1.81 bits per heavy atom. The predicted octanol–water partition coefficient (Wildman–Crippen LogP) is 3.06. The van der Waals surface area contributed by atoms with Crippen LogP contribution in [-0.4, -0.2) is 44.9 Å². The average Bonchev–Trinajstić information content (AvgIpc) is 3.35. The van der Waals surface area contributed by atoms with Crippen LogP contribution >= 0.6 is 0 Å². The molecule has 136 valence electrons. The van der Waals surface area contributed by atoms with E-state index in [-0.39, 0.29) is 18.6 Å². The minimum absolute atomic E-state index is 0.0671. The molecule has 0 aromatic heterocycles. The molecule has 2 aliphatic rings. The molecule has 0 spiro atoms. The molecule has 26 heavy (non-hydrogen) atoms. The molecule has 0 radical (unpaired) electrons. The van der Waals surface area contributed by atoms with Crippen LogP contribution in [0.1, 0.15) is 28.3 Å². The second kappa shape index (κ2) is 6.78. The third-order valence-corrected chi connectivity index (χ3v) is 4.99. The molecule has 2 aliphatic heterocycles. The summed E-state index contributed by atoms with van der Waals surface area (Å²) in [6.07, 6.45) is 0.906. The lowest BCUT2D eigenvalue weighted by molar-refractivity contribution is 0.0784. The minimum Gasteiger partial charge on any atom is -0.496 e. The third-order valence-electron chi connectivity index (χ3n) is 4.99. The summed E-state index contributed by atoms with van der Waals surface area (Å²) >= 11 is 0. The SMILES string of the molecule is COc1cccc(OC)c1C(=O)N1CCC(c2ccc3c(c2)OCO3)C1. The van der Waals surface area contributed by atoms with Crippen molar-refractivity contribution in [2.45, 2.75) is 12.3 Å². The lowest BCUT2D eigenvalue weighted by atomic mass is 9.98. The Hall–Kier alpha value is -2.89. The first-order valence-electron chi connectivity index (χ1n) is 8.61. The van der Waals surface area contributed by atoms with Gasteiger partial charge in [-0.3, -0.25) is 4.79 Å². The largest absolute Gasteiger partial charge is 0.496 e. The van der Waals surface area contributed by atoms with Gasteiger partial charge in [0.25, 0.3) is 5.91 Å². The van der Waals surface area contributed by atoms with Crippen LogP contribution in [0.5, 0.6) is 23.0 Å². The van der Waals surface area contributed by atoms with Crippen molar-refractivity contribution >= 4 is 5.91 Å². The second-order valence-corrected chi connectivity index (χ2v) is 6.39. The van der Waals surface area contributed by atoms with Crippen LogP contribution in [-0.2, 0) is 0 Å². The molecule has 2 heterocycles. The summed E-state index contributed by atoms with van der Waals surface area (Å²) in [5.74, 6) is 2.82. The van der Waals surface area contributed by atoms with Gasteiger partial charge >= 0.3 is 0 Å². The maximum absolute atomic E-state index is 13.1. The first-order chi connectivity index (χ1) is 12.7. The van der Waals surface area contributed by atoms with Crippen molar-refractivity contribution in [1.82, 2.24) is 4.90 Å². The van der Waals surface area contributed by atoms with Gasteiger partial charge in [-0.05, 0) is 36.2 Å². The zero-order chi connectivity index (χ0) is 18.1. The molecule has 0 N–H and O–H groups in total. The first-order valence-corrected chi connectivity index (χ1v) is 8.61. The molecule has 6 heteroatoms. The first kappa shape index (κ1) is 16.6. The second-order valence-electron chi connectivity index (χ2n) is 6.39. The minimum atomic E-state index is -0.0671. The van der Waals surface area contributed by atoms with E-state index in [1.165, 1.54) is 0 Å². The highest BCUT2D eigenvalue weighted by molar-refractivity contribution is 6.00. The Labute approximate surface area is 152 Å². The predicted molar refractivity (Wildman–Crippen MR) is 95.4 cm³/mol. The molecule has 1 atom stereocenters. The Morgan fingerprint density at radius 1 is 1.08 bits per heavy atom. The van der Waals surface area contributed by atoms with Crippen molar-refractivity contribution in [2.24, 2.45) is 0 Å². The standard InChI is InChI=1S/C20H21NO5/c1-23-16-4-3-5-17(24-2)19(16)20(22)21-9-8-14(11-21)13-6-7-15-18(10-13)26-12-25-15/h3-7,10,14H,8-9,11-12H2,1-2H3. The summed E-state index contributed by atoms with van der Waals surface area (Å²) in [6, 6.07) is 11.4. The van der Waals surface area contributed by atoms with Gasteiger partial charge < -0.3 is 23.8 Å². The number of rotatable bonds is 4. The van der Waals surface area contributed by atoms with Crippen LogP contribution in [0, 0.1) is 0 Å². The number of fused-ring (bicyclic) bond motifs is 1. The monoisotopic (exact) mass is 355 g/mol. The maximum Gasteiger partial charge on any atom is 0.261 e. The van der Waals surface area contributed by atoms with Gasteiger partial charge in [-0.1, -0.05) is 12.1 Å². The van der Waals surface area contributed by atoms with Crippen LogP contribution in [0.3, 0.4) is 0 Å². The van der Waals surface area contributed by atoms with Gasteiger partial charge in [-0.2, -0.15) is 0 Å². The number of nitrogens with zero attached hydrogens (tertiary/aromatic N) is 1. The van der Waals surface area contributed by atoms with E-state index in [2.05, 4.69) is 6.07 Å². The average molecular weight is 355 g/mol. The van der Waals surface area contributed by atoms with Crippen LogP contribution in [0.25, 0.3) is 0 Å². The van der Waals surface area contributed by atoms with Crippen molar-refractivity contribution in [1.29, 1.82) is 0 Å². The van der Waals surface area contributed by atoms with Gasteiger partial charge in [0.2, 0.25) is 6.79 Å². The van der Waals surface area contributed by atoms with Crippen LogP contribution in [0.4, 0.5) is 0 Å². The number of likely N-dealkylation sites (tertiary alicyclic amines) is 1. The highest BCUT2D eigenvalue weighted by Crippen LogP contribution is 2.38. The lowest BCUT2D eigenvalue weighted by Gasteiger charge is -2.20. The number of hydrogen-bond donors (Lipinski definition) is 0. The number of carbonyl (C=O) groups excluding carboxylic acids is 1. The van der Waals surface area contributed by atoms with E-state index in [0.717, 1.165) is 23.5 Å².